The summed E-state index contributed by atoms with van der Waals surface area (Å²) in [5.41, 5.74) is 2.57. The highest BCUT2D eigenvalue weighted by atomic mass is 35.5. The largest absolute Gasteiger partial charge is 0.383 e. The van der Waals surface area contributed by atoms with E-state index in [0.717, 1.165) is 62.3 Å². The van der Waals surface area contributed by atoms with Gasteiger partial charge in [-0.2, -0.15) is 0 Å². The Bertz CT molecular complexity index is 913. The number of ether oxygens (including phenoxy) is 1. The number of nitrogens with zero attached hydrogens (tertiary/aromatic N) is 1. The molecular formula is C25H34ClFN4O. The lowest BCUT2D eigenvalue weighted by molar-refractivity contribution is 0.191. The maximum atomic E-state index is 14.4. The summed E-state index contributed by atoms with van der Waals surface area (Å²) in [6.07, 6.45) is 8.51. The topological polar surface area (TPSA) is 58.2 Å². The molecule has 1 aromatic heterocycles. The standard InChI is InChI=1S/C25H34ClFN4O/c1-25(9-10-25)16-30-23-13-17(3-8-22(23)27)20-14-24(29-15-21(20)26)31-19-6-4-18(5-7-19)28-11-12-32-2/h3,8,13-15,18-19,28,30H,4-7,9-12,16H2,1-2H3,(H,29,31)/t18-,19-. The number of benzene rings is 1. The highest BCUT2D eigenvalue weighted by molar-refractivity contribution is 6.33. The van der Waals surface area contributed by atoms with Gasteiger partial charge in [-0.05, 0) is 67.7 Å². The van der Waals surface area contributed by atoms with E-state index < -0.39 is 0 Å². The van der Waals surface area contributed by atoms with E-state index in [9.17, 15) is 4.39 Å². The van der Waals surface area contributed by atoms with E-state index in [1.54, 1.807) is 19.4 Å². The summed E-state index contributed by atoms with van der Waals surface area (Å²) in [4.78, 5) is 4.49. The smallest absolute Gasteiger partial charge is 0.146 e. The lowest BCUT2D eigenvalue weighted by atomic mass is 9.91. The van der Waals surface area contributed by atoms with Crippen molar-refractivity contribution in [2.45, 2.75) is 57.5 Å². The second-order valence-corrected chi connectivity index (χ2v) is 9.96. The molecule has 0 radical (unpaired) electrons. The second-order valence-electron chi connectivity index (χ2n) is 9.55. The third-order valence-electron chi connectivity index (χ3n) is 6.76. The van der Waals surface area contributed by atoms with E-state index in [1.807, 2.05) is 12.1 Å². The average molecular weight is 461 g/mol. The molecule has 2 aromatic rings. The number of nitrogens with one attached hydrogen (secondary N) is 3. The van der Waals surface area contributed by atoms with Crippen LogP contribution in [0, 0.1) is 11.2 Å². The number of rotatable bonds is 10. The average Bonchev–Trinajstić information content (AvgIpc) is 3.53. The molecule has 0 unspecified atom stereocenters. The molecule has 1 aromatic carbocycles. The Balaban J connectivity index is 1.40. The molecule has 174 valence electrons. The van der Waals surface area contributed by atoms with Crippen molar-refractivity contribution in [3.05, 3.63) is 41.3 Å². The third-order valence-corrected chi connectivity index (χ3v) is 7.06. The minimum atomic E-state index is -0.239. The molecule has 4 rings (SSSR count). The Morgan fingerprint density at radius 3 is 2.62 bits per heavy atom. The van der Waals surface area contributed by atoms with Crippen LogP contribution in [0.25, 0.3) is 11.1 Å². The molecule has 0 saturated heterocycles. The van der Waals surface area contributed by atoms with Crippen molar-refractivity contribution >= 4 is 23.1 Å². The number of hydrogen-bond acceptors (Lipinski definition) is 5. The van der Waals surface area contributed by atoms with Crippen LogP contribution in [0.15, 0.2) is 30.5 Å². The fraction of sp³-hybridized carbons (Fsp3) is 0.560. The Morgan fingerprint density at radius 1 is 1.16 bits per heavy atom. The van der Waals surface area contributed by atoms with Crippen LogP contribution in [0.3, 0.4) is 0 Å². The summed E-state index contributed by atoms with van der Waals surface area (Å²) in [5.74, 6) is 0.571. The number of hydrogen-bond donors (Lipinski definition) is 3. The minimum Gasteiger partial charge on any atom is -0.383 e. The first-order valence-electron chi connectivity index (χ1n) is 11.6. The van der Waals surface area contributed by atoms with Gasteiger partial charge in [0.05, 0.1) is 17.3 Å². The van der Waals surface area contributed by atoms with Gasteiger partial charge in [-0.25, -0.2) is 9.37 Å². The molecule has 32 heavy (non-hydrogen) atoms. The maximum absolute atomic E-state index is 14.4. The number of anilines is 2. The van der Waals surface area contributed by atoms with Crippen LogP contribution in [-0.2, 0) is 4.74 Å². The van der Waals surface area contributed by atoms with Crippen LogP contribution in [0.5, 0.6) is 0 Å². The van der Waals surface area contributed by atoms with Crippen molar-refractivity contribution in [3.8, 4) is 11.1 Å². The van der Waals surface area contributed by atoms with E-state index >= 15 is 0 Å². The van der Waals surface area contributed by atoms with Gasteiger partial charge < -0.3 is 20.7 Å². The number of methoxy groups -OCH3 is 1. The van der Waals surface area contributed by atoms with Crippen LogP contribution >= 0.6 is 11.6 Å². The summed E-state index contributed by atoms with van der Waals surface area (Å²) < 4.78 is 19.5. The predicted octanol–water partition coefficient (Wildman–Crippen LogP) is 5.71. The van der Waals surface area contributed by atoms with E-state index in [0.29, 0.717) is 28.2 Å². The summed E-state index contributed by atoms with van der Waals surface area (Å²) in [6.45, 7) is 4.65. The van der Waals surface area contributed by atoms with Crippen molar-refractivity contribution < 1.29 is 9.13 Å². The van der Waals surface area contributed by atoms with Crippen LogP contribution in [0.2, 0.25) is 5.02 Å². The lowest BCUT2D eigenvalue weighted by Gasteiger charge is -2.30. The first kappa shape index (κ1) is 23.3. The zero-order valence-corrected chi connectivity index (χ0v) is 19.8. The van der Waals surface area contributed by atoms with Crippen LogP contribution in [-0.4, -0.2) is 43.9 Å². The van der Waals surface area contributed by atoms with Gasteiger partial charge in [-0.3, -0.25) is 0 Å². The van der Waals surface area contributed by atoms with Crippen molar-refractivity contribution in [2.24, 2.45) is 5.41 Å². The highest BCUT2D eigenvalue weighted by Gasteiger charge is 2.36. The molecule has 0 aliphatic heterocycles. The van der Waals surface area contributed by atoms with Gasteiger partial charge in [0.1, 0.15) is 11.6 Å². The molecule has 0 bridgehead atoms. The minimum absolute atomic E-state index is 0.239. The molecule has 0 spiro atoms. The van der Waals surface area contributed by atoms with Gasteiger partial charge in [-0.15, -0.1) is 0 Å². The number of aromatic nitrogens is 1. The van der Waals surface area contributed by atoms with E-state index in [4.69, 9.17) is 16.3 Å². The van der Waals surface area contributed by atoms with Crippen LogP contribution in [0.1, 0.15) is 45.4 Å². The molecular weight excluding hydrogens is 427 g/mol. The van der Waals surface area contributed by atoms with Gasteiger partial charge in [0, 0.05) is 44.0 Å². The van der Waals surface area contributed by atoms with E-state index in [2.05, 4.69) is 27.9 Å². The first-order chi connectivity index (χ1) is 15.5. The van der Waals surface area contributed by atoms with Gasteiger partial charge in [0.25, 0.3) is 0 Å². The summed E-state index contributed by atoms with van der Waals surface area (Å²) in [5, 5.41) is 11.0. The first-order valence-corrected chi connectivity index (χ1v) is 12.0. The molecule has 2 aliphatic rings. The fourth-order valence-corrected chi connectivity index (χ4v) is 4.49. The molecule has 2 fully saturated rings. The van der Waals surface area contributed by atoms with Crippen LogP contribution in [0.4, 0.5) is 15.9 Å². The lowest BCUT2D eigenvalue weighted by Crippen LogP contribution is -2.38. The maximum Gasteiger partial charge on any atom is 0.146 e. The van der Waals surface area contributed by atoms with Crippen molar-refractivity contribution in [1.29, 1.82) is 0 Å². The van der Waals surface area contributed by atoms with E-state index in [1.165, 1.54) is 18.9 Å². The monoisotopic (exact) mass is 460 g/mol. The van der Waals surface area contributed by atoms with Gasteiger partial charge in [0.2, 0.25) is 0 Å². The molecule has 2 aliphatic carbocycles. The molecule has 0 amide bonds. The Hall–Kier alpha value is -1.89. The van der Waals surface area contributed by atoms with Gasteiger partial charge >= 0.3 is 0 Å². The number of pyridine rings is 1. The predicted molar refractivity (Wildman–Crippen MR) is 130 cm³/mol. The second kappa shape index (κ2) is 10.4. The van der Waals surface area contributed by atoms with Crippen molar-refractivity contribution in [3.63, 3.8) is 0 Å². The normalized spacial score (nSPS) is 21.9. The molecule has 0 atom stereocenters. The molecule has 5 nitrogen and oxygen atoms in total. The highest BCUT2D eigenvalue weighted by Crippen LogP contribution is 2.45. The molecule has 1 heterocycles. The van der Waals surface area contributed by atoms with Gasteiger partial charge in [-0.1, -0.05) is 24.6 Å². The van der Waals surface area contributed by atoms with Gasteiger partial charge in [0.15, 0.2) is 0 Å². The zero-order valence-electron chi connectivity index (χ0n) is 19.0. The van der Waals surface area contributed by atoms with Crippen molar-refractivity contribution in [2.75, 3.05) is 37.4 Å². The third kappa shape index (κ3) is 6.12. The van der Waals surface area contributed by atoms with E-state index in [-0.39, 0.29) is 5.82 Å². The van der Waals surface area contributed by atoms with Crippen molar-refractivity contribution in [1.82, 2.24) is 10.3 Å². The Morgan fingerprint density at radius 2 is 1.91 bits per heavy atom. The summed E-state index contributed by atoms with van der Waals surface area (Å²) in [6, 6.07) is 8.06. The molecule has 7 heteroatoms. The summed E-state index contributed by atoms with van der Waals surface area (Å²) in [7, 11) is 1.73. The molecule has 3 N–H and O–H groups in total. The quantitative estimate of drug-likeness (QED) is 0.396. The Kier molecular flexibility index (Phi) is 7.54. The Labute approximate surface area is 195 Å². The molecule has 2 saturated carbocycles. The SMILES string of the molecule is COCCN[C@H]1CC[C@H](Nc2cc(-c3ccc(F)c(NCC4(C)CC4)c3)c(Cl)cn2)CC1. The summed E-state index contributed by atoms with van der Waals surface area (Å²) >= 11 is 6.48. The zero-order chi connectivity index (χ0) is 22.6. The number of halogens is 2. The van der Waals surface area contributed by atoms with Crippen LogP contribution < -0.4 is 16.0 Å². The fourth-order valence-electron chi connectivity index (χ4n) is 4.28.